The molecule has 0 aromatic heterocycles. The lowest BCUT2D eigenvalue weighted by Crippen LogP contribution is -2.32. The van der Waals surface area contributed by atoms with Gasteiger partial charge in [-0.25, -0.2) is 0 Å². The molecule has 1 atom stereocenters. The zero-order valence-corrected chi connectivity index (χ0v) is 9.08. The molecule has 0 aliphatic carbocycles. The zero-order chi connectivity index (χ0) is 10.6. The minimum absolute atomic E-state index is 0.218. The Morgan fingerprint density at radius 3 is 2.50 bits per heavy atom. The fourth-order valence-corrected chi connectivity index (χ4v) is 2.24. The van der Waals surface area contributed by atoms with E-state index in [-0.39, 0.29) is 11.3 Å². The summed E-state index contributed by atoms with van der Waals surface area (Å²) in [6.07, 6.45) is 3.89. The van der Waals surface area contributed by atoms with Crippen LogP contribution >= 0.6 is 0 Å². The molecule has 1 aliphatic heterocycles. The van der Waals surface area contributed by atoms with Crippen molar-refractivity contribution < 1.29 is 14.6 Å². The summed E-state index contributed by atoms with van der Waals surface area (Å²) in [5.41, 5.74) is 0.218. The zero-order valence-electron chi connectivity index (χ0n) is 9.08. The molecule has 0 amide bonds. The number of hydrogen-bond donors (Lipinski definition) is 1. The second-order valence-corrected chi connectivity index (χ2v) is 4.41. The van der Waals surface area contributed by atoms with Crippen LogP contribution in [0.5, 0.6) is 0 Å². The number of aliphatic carboxylic acids is 1. The quantitative estimate of drug-likeness (QED) is 0.757. The molecule has 1 aliphatic rings. The van der Waals surface area contributed by atoms with Crippen molar-refractivity contribution in [2.24, 2.45) is 11.3 Å². The van der Waals surface area contributed by atoms with Crippen molar-refractivity contribution in [2.75, 3.05) is 13.2 Å². The molecule has 1 N–H and O–H groups in total. The van der Waals surface area contributed by atoms with Crippen molar-refractivity contribution in [1.29, 1.82) is 0 Å². The van der Waals surface area contributed by atoms with Crippen LogP contribution in [0, 0.1) is 11.3 Å². The SMILES string of the molecule is CCC1(CC(C)C(=O)O)CCOCC1. The number of carbonyl (C=O) groups is 1. The van der Waals surface area contributed by atoms with Crippen LogP contribution in [0.2, 0.25) is 0 Å². The molecule has 0 saturated carbocycles. The largest absolute Gasteiger partial charge is 0.481 e. The Bertz CT molecular complexity index is 195. The van der Waals surface area contributed by atoms with E-state index in [4.69, 9.17) is 9.84 Å². The van der Waals surface area contributed by atoms with Crippen molar-refractivity contribution in [1.82, 2.24) is 0 Å². The van der Waals surface area contributed by atoms with Gasteiger partial charge in [-0.15, -0.1) is 0 Å². The van der Waals surface area contributed by atoms with Crippen molar-refractivity contribution in [3.05, 3.63) is 0 Å². The van der Waals surface area contributed by atoms with Crippen molar-refractivity contribution in [3.8, 4) is 0 Å². The van der Waals surface area contributed by atoms with Gasteiger partial charge in [0.15, 0.2) is 0 Å². The Morgan fingerprint density at radius 1 is 1.50 bits per heavy atom. The average molecular weight is 200 g/mol. The van der Waals surface area contributed by atoms with E-state index in [1.807, 2.05) is 0 Å². The van der Waals surface area contributed by atoms with E-state index in [1.54, 1.807) is 6.92 Å². The normalized spacial score (nSPS) is 23.0. The molecule has 14 heavy (non-hydrogen) atoms. The summed E-state index contributed by atoms with van der Waals surface area (Å²) in [4.78, 5) is 10.8. The Labute approximate surface area is 85.5 Å². The highest BCUT2D eigenvalue weighted by atomic mass is 16.5. The summed E-state index contributed by atoms with van der Waals surface area (Å²) in [6.45, 7) is 5.54. The predicted octanol–water partition coefficient (Wildman–Crippen LogP) is 2.30. The molecule has 1 fully saturated rings. The lowest BCUT2D eigenvalue weighted by molar-refractivity contribution is -0.143. The Morgan fingerprint density at radius 2 is 2.07 bits per heavy atom. The Kier molecular flexibility index (Phi) is 3.93. The summed E-state index contributed by atoms with van der Waals surface area (Å²) in [7, 11) is 0. The highest BCUT2D eigenvalue weighted by molar-refractivity contribution is 5.69. The number of hydrogen-bond acceptors (Lipinski definition) is 2. The van der Waals surface area contributed by atoms with Gasteiger partial charge >= 0.3 is 5.97 Å². The predicted molar refractivity (Wildman–Crippen MR) is 54.2 cm³/mol. The van der Waals surface area contributed by atoms with Crippen LogP contribution < -0.4 is 0 Å². The third kappa shape index (κ3) is 2.71. The molecule has 82 valence electrons. The van der Waals surface area contributed by atoms with Gasteiger partial charge in [0.05, 0.1) is 5.92 Å². The van der Waals surface area contributed by atoms with Gasteiger partial charge in [-0.05, 0) is 24.7 Å². The summed E-state index contributed by atoms with van der Waals surface area (Å²) in [5, 5.41) is 8.89. The molecule has 1 saturated heterocycles. The van der Waals surface area contributed by atoms with Gasteiger partial charge < -0.3 is 9.84 Å². The molecule has 3 heteroatoms. The number of ether oxygens (including phenoxy) is 1. The molecule has 0 aromatic carbocycles. The average Bonchev–Trinajstić information content (AvgIpc) is 2.19. The maximum atomic E-state index is 10.8. The van der Waals surface area contributed by atoms with Gasteiger partial charge in [0, 0.05) is 13.2 Å². The fourth-order valence-electron chi connectivity index (χ4n) is 2.24. The monoisotopic (exact) mass is 200 g/mol. The topological polar surface area (TPSA) is 46.5 Å². The third-order valence-corrected chi connectivity index (χ3v) is 3.46. The summed E-state index contributed by atoms with van der Waals surface area (Å²) in [6, 6.07) is 0. The standard InChI is InChI=1S/C11H20O3/c1-3-11(4-6-14-7-5-11)8-9(2)10(12)13/h9H,3-8H2,1-2H3,(H,12,13). The van der Waals surface area contributed by atoms with Crippen molar-refractivity contribution in [3.63, 3.8) is 0 Å². The highest BCUT2D eigenvalue weighted by Gasteiger charge is 2.33. The maximum absolute atomic E-state index is 10.8. The molecule has 0 bridgehead atoms. The first-order chi connectivity index (χ1) is 6.59. The van der Waals surface area contributed by atoms with E-state index < -0.39 is 5.97 Å². The highest BCUT2D eigenvalue weighted by Crippen LogP contribution is 2.39. The van der Waals surface area contributed by atoms with Crippen LogP contribution in [0.4, 0.5) is 0 Å². The summed E-state index contributed by atoms with van der Waals surface area (Å²) in [5.74, 6) is -0.905. The Hall–Kier alpha value is -0.570. The fraction of sp³-hybridized carbons (Fsp3) is 0.909. The van der Waals surface area contributed by atoms with Crippen LogP contribution in [0.15, 0.2) is 0 Å². The number of carboxylic acid groups (broad SMARTS) is 1. The van der Waals surface area contributed by atoms with Crippen LogP contribution in [-0.2, 0) is 9.53 Å². The van der Waals surface area contributed by atoms with E-state index in [0.29, 0.717) is 0 Å². The Balaban J connectivity index is 2.55. The molecule has 1 heterocycles. The van der Waals surface area contributed by atoms with Gasteiger partial charge in [0.2, 0.25) is 0 Å². The summed E-state index contributed by atoms with van der Waals surface area (Å²) >= 11 is 0. The maximum Gasteiger partial charge on any atom is 0.306 e. The van der Waals surface area contributed by atoms with Gasteiger partial charge in [-0.3, -0.25) is 4.79 Å². The lowest BCUT2D eigenvalue weighted by atomic mass is 9.72. The number of rotatable bonds is 4. The van der Waals surface area contributed by atoms with Gasteiger partial charge in [-0.1, -0.05) is 20.3 Å². The van der Waals surface area contributed by atoms with E-state index in [0.717, 1.165) is 38.9 Å². The second kappa shape index (κ2) is 4.78. The van der Waals surface area contributed by atoms with Crippen LogP contribution in [0.25, 0.3) is 0 Å². The van der Waals surface area contributed by atoms with Gasteiger partial charge in [0.25, 0.3) is 0 Å². The second-order valence-electron chi connectivity index (χ2n) is 4.41. The molecule has 0 aromatic rings. The molecule has 0 spiro atoms. The third-order valence-electron chi connectivity index (χ3n) is 3.46. The van der Waals surface area contributed by atoms with Gasteiger partial charge in [0.1, 0.15) is 0 Å². The van der Waals surface area contributed by atoms with Crippen molar-refractivity contribution in [2.45, 2.75) is 39.5 Å². The summed E-state index contributed by atoms with van der Waals surface area (Å²) < 4.78 is 5.32. The van der Waals surface area contributed by atoms with Gasteiger partial charge in [-0.2, -0.15) is 0 Å². The molecule has 0 radical (unpaired) electrons. The van der Waals surface area contributed by atoms with Crippen LogP contribution in [0.3, 0.4) is 0 Å². The first-order valence-corrected chi connectivity index (χ1v) is 5.40. The molecule has 1 rings (SSSR count). The molecular weight excluding hydrogens is 180 g/mol. The van der Waals surface area contributed by atoms with E-state index in [1.165, 1.54) is 0 Å². The van der Waals surface area contributed by atoms with Crippen LogP contribution in [-0.4, -0.2) is 24.3 Å². The number of carboxylic acids is 1. The minimum atomic E-state index is -0.677. The minimum Gasteiger partial charge on any atom is -0.481 e. The molecule has 1 unspecified atom stereocenters. The molecular formula is C11H20O3. The van der Waals surface area contributed by atoms with E-state index in [2.05, 4.69) is 6.92 Å². The van der Waals surface area contributed by atoms with E-state index in [9.17, 15) is 4.79 Å². The smallest absolute Gasteiger partial charge is 0.306 e. The first-order valence-electron chi connectivity index (χ1n) is 5.40. The van der Waals surface area contributed by atoms with E-state index >= 15 is 0 Å². The van der Waals surface area contributed by atoms with Crippen LogP contribution in [0.1, 0.15) is 39.5 Å². The molecule has 3 nitrogen and oxygen atoms in total. The first kappa shape index (κ1) is 11.5. The van der Waals surface area contributed by atoms with Crippen molar-refractivity contribution >= 4 is 5.97 Å². The lowest BCUT2D eigenvalue weighted by Gasteiger charge is -2.37.